The van der Waals surface area contributed by atoms with E-state index in [0.717, 1.165) is 22.0 Å². The van der Waals surface area contributed by atoms with Gasteiger partial charge < -0.3 is 5.32 Å². The Hall–Kier alpha value is 0.140. The van der Waals surface area contributed by atoms with Crippen LogP contribution in [0.3, 0.4) is 0 Å². The van der Waals surface area contributed by atoms with E-state index in [2.05, 4.69) is 56.2 Å². The van der Waals surface area contributed by atoms with Gasteiger partial charge in [-0.3, -0.25) is 0 Å². The molecule has 0 saturated carbocycles. The van der Waals surface area contributed by atoms with Crippen LogP contribution < -0.4 is 5.32 Å². The van der Waals surface area contributed by atoms with E-state index < -0.39 is 0 Å². The summed E-state index contributed by atoms with van der Waals surface area (Å²) in [6, 6.07) is 6.20. The van der Waals surface area contributed by atoms with Crippen LogP contribution >= 0.6 is 31.9 Å². The van der Waals surface area contributed by atoms with E-state index >= 15 is 0 Å². The summed E-state index contributed by atoms with van der Waals surface area (Å²) in [6.45, 7) is 4.02. The summed E-state index contributed by atoms with van der Waals surface area (Å²) < 4.78 is 2.28. The lowest BCUT2D eigenvalue weighted by atomic mass is 10.2. The summed E-state index contributed by atoms with van der Waals surface area (Å²) in [6.07, 6.45) is 0. The fourth-order valence-corrected chi connectivity index (χ4v) is 1.73. The van der Waals surface area contributed by atoms with Crippen molar-refractivity contribution in [3.8, 4) is 0 Å². The third kappa shape index (κ3) is 2.88. The van der Waals surface area contributed by atoms with Crippen molar-refractivity contribution in [1.29, 1.82) is 0 Å². The van der Waals surface area contributed by atoms with Gasteiger partial charge in [-0.05, 0) is 30.3 Å². The van der Waals surface area contributed by atoms with Crippen molar-refractivity contribution in [2.45, 2.75) is 13.5 Å². The summed E-state index contributed by atoms with van der Waals surface area (Å²) in [7, 11) is 0. The number of rotatable bonds is 3. The maximum absolute atomic E-state index is 3.50. The highest BCUT2D eigenvalue weighted by molar-refractivity contribution is 9.11. The zero-order chi connectivity index (χ0) is 8.97. The third-order valence-electron chi connectivity index (χ3n) is 1.57. The van der Waals surface area contributed by atoms with E-state index in [9.17, 15) is 0 Å². The van der Waals surface area contributed by atoms with Crippen molar-refractivity contribution >= 4 is 31.9 Å². The zero-order valence-electron chi connectivity index (χ0n) is 6.90. The molecule has 12 heavy (non-hydrogen) atoms. The van der Waals surface area contributed by atoms with Gasteiger partial charge in [0.05, 0.1) is 0 Å². The Kier molecular flexibility index (Phi) is 4.26. The third-order valence-corrected chi connectivity index (χ3v) is 2.84. The lowest BCUT2D eigenvalue weighted by Crippen LogP contribution is -2.11. The van der Waals surface area contributed by atoms with Crippen LogP contribution in [0.15, 0.2) is 27.1 Å². The molecule has 1 rings (SSSR count). The number of nitrogens with one attached hydrogen (secondary N) is 1. The molecular weight excluding hydrogens is 282 g/mol. The van der Waals surface area contributed by atoms with E-state index in [1.165, 1.54) is 5.56 Å². The molecule has 0 fully saturated rings. The van der Waals surface area contributed by atoms with Gasteiger partial charge in [-0.2, -0.15) is 0 Å². The fourth-order valence-electron chi connectivity index (χ4n) is 0.938. The fraction of sp³-hybridized carbons (Fsp3) is 0.333. The van der Waals surface area contributed by atoms with E-state index in [4.69, 9.17) is 0 Å². The summed E-state index contributed by atoms with van der Waals surface area (Å²) in [5.41, 5.74) is 1.28. The van der Waals surface area contributed by atoms with Crippen LogP contribution in [0, 0.1) is 0 Å². The molecule has 0 aromatic heterocycles. The standard InChI is InChI=1S/C9H11Br2N/c1-2-12-6-7-5-8(10)3-4-9(7)11/h3-5,12H,2,6H2,1H3. The summed E-state index contributed by atoms with van der Waals surface area (Å²) in [4.78, 5) is 0. The van der Waals surface area contributed by atoms with Crippen molar-refractivity contribution < 1.29 is 0 Å². The Labute approximate surface area is 89.8 Å². The second-order valence-electron chi connectivity index (χ2n) is 2.52. The normalized spacial score (nSPS) is 10.2. The molecule has 0 spiro atoms. The maximum Gasteiger partial charge on any atom is 0.0221 e. The van der Waals surface area contributed by atoms with Crippen LogP contribution in [-0.4, -0.2) is 6.54 Å². The Balaban J connectivity index is 2.75. The number of hydrogen-bond acceptors (Lipinski definition) is 1. The highest BCUT2D eigenvalue weighted by Gasteiger charge is 1.98. The van der Waals surface area contributed by atoms with Crippen LogP contribution in [0.1, 0.15) is 12.5 Å². The minimum absolute atomic E-state index is 0.913. The predicted molar refractivity (Wildman–Crippen MR) is 59.2 cm³/mol. The van der Waals surface area contributed by atoms with Gasteiger partial charge in [-0.25, -0.2) is 0 Å². The second-order valence-corrected chi connectivity index (χ2v) is 4.29. The second kappa shape index (κ2) is 5.00. The Bertz CT molecular complexity index is 261. The van der Waals surface area contributed by atoms with E-state index in [1.54, 1.807) is 0 Å². The van der Waals surface area contributed by atoms with Gasteiger partial charge >= 0.3 is 0 Å². The van der Waals surface area contributed by atoms with Crippen molar-refractivity contribution in [3.63, 3.8) is 0 Å². The lowest BCUT2D eigenvalue weighted by Gasteiger charge is -2.04. The largest absolute Gasteiger partial charge is 0.313 e. The van der Waals surface area contributed by atoms with Gasteiger partial charge in [-0.15, -0.1) is 0 Å². The van der Waals surface area contributed by atoms with Gasteiger partial charge in [-0.1, -0.05) is 38.8 Å². The molecule has 0 atom stereocenters. The molecule has 0 heterocycles. The van der Waals surface area contributed by atoms with Crippen molar-refractivity contribution in [3.05, 3.63) is 32.7 Å². The van der Waals surface area contributed by atoms with Gasteiger partial charge in [0, 0.05) is 15.5 Å². The van der Waals surface area contributed by atoms with Gasteiger partial charge in [0.1, 0.15) is 0 Å². The molecule has 0 amide bonds. The smallest absolute Gasteiger partial charge is 0.0221 e. The average Bonchev–Trinajstić information content (AvgIpc) is 2.07. The quantitative estimate of drug-likeness (QED) is 0.901. The van der Waals surface area contributed by atoms with Crippen LogP contribution in [-0.2, 0) is 6.54 Å². The highest BCUT2D eigenvalue weighted by atomic mass is 79.9. The minimum atomic E-state index is 0.913. The first-order chi connectivity index (χ1) is 5.74. The van der Waals surface area contributed by atoms with Crippen molar-refractivity contribution in [2.24, 2.45) is 0 Å². The minimum Gasteiger partial charge on any atom is -0.313 e. The Morgan fingerprint density at radius 1 is 1.33 bits per heavy atom. The molecule has 0 saturated heterocycles. The maximum atomic E-state index is 3.50. The molecule has 0 aliphatic heterocycles. The lowest BCUT2D eigenvalue weighted by molar-refractivity contribution is 0.724. The van der Waals surface area contributed by atoms with E-state index in [-0.39, 0.29) is 0 Å². The molecule has 1 aromatic rings. The highest BCUT2D eigenvalue weighted by Crippen LogP contribution is 2.21. The summed E-state index contributed by atoms with van der Waals surface area (Å²) >= 11 is 6.94. The van der Waals surface area contributed by atoms with Gasteiger partial charge in [0.25, 0.3) is 0 Å². The van der Waals surface area contributed by atoms with Crippen molar-refractivity contribution in [2.75, 3.05) is 6.54 Å². The average molecular weight is 293 g/mol. The number of hydrogen-bond donors (Lipinski definition) is 1. The van der Waals surface area contributed by atoms with Crippen LogP contribution in [0.4, 0.5) is 0 Å². The van der Waals surface area contributed by atoms with E-state index in [0.29, 0.717) is 0 Å². The number of halogens is 2. The molecule has 0 aliphatic rings. The molecule has 0 radical (unpaired) electrons. The monoisotopic (exact) mass is 291 g/mol. The van der Waals surface area contributed by atoms with E-state index in [1.807, 2.05) is 6.07 Å². The molecule has 3 heteroatoms. The zero-order valence-corrected chi connectivity index (χ0v) is 10.1. The molecule has 66 valence electrons. The molecule has 1 aromatic carbocycles. The molecule has 0 bridgehead atoms. The predicted octanol–water partition coefficient (Wildman–Crippen LogP) is 3.32. The molecule has 0 aliphatic carbocycles. The summed E-state index contributed by atoms with van der Waals surface area (Å²) in [5.74, 6) is 0. The van der Waals surface area contributed by atoms with Gasteiger partial charge in [0.15, 0.2) is 0 Å². The SMILES string of the molecule is CCNCc1cc(Br)ccc1Br. The molecule has 1 N–H and O–H groups in total. The Morgan fingerprint density at radius 2 is 2.08 bits per heavy atom. The van der Waals surface area contributed by atoms with Crippen molar-refractivity contribution in [1.82, 2.24) is 5.32 Å². The first kappa shape index (κ1) is 10.2. The van der Waals surface area contributed by atoms with Crippen LogP contribution in [0.2, 0.25) is 0 Å². The summed E-state index contributed by atoms with van der Waals surface area (Å²) in [5, 5.41) is 3.28. The topological polar surface area (TPSA) is 12.0 Å². The Morgan fingerprint density at radius 3 is 2.75 bits per heavy atom. The van der Waals surface area contributed by atoms with Crippen LogP contribution in [0.25, 0.3) is 0 Å². The molecule has 1 nitrogen and oxygen atoms in total. The van der Waals surface area contributed by atoms with Gasteiger partial charge in [0.2, 0.25) is 0 Å². The molecular formula is C9H11Br2N. The van der Waals surface area contributed by atoms with Crippen LogP contribution in [0.5, 0.6) is 0 Å². The first-order valence-electron chi connectivity index (χ1n) is 3.88. The first-order valence-corrected chi connectivity index (χ1v) is 5.47. The number of benzene rings is 1. The molecule has 0 unspecified atom stereocenters.